The van der Waals surface area contributed by atoms with E-state index in [4.69, 9.17) is 32.7 Å². The number of rotatable bonds is 4. The molecule has 2 aromatic carbocycles. The predicted octanol–water partition coefficient (Wildman–Crippen LogP) is 5.04. The van der Waals surface area contributed by atoms with Crippen molar-refractivity contribution >= 4 is 23.2 Å². The first kappa shape index (κ1) is 14.9. The van der Waals surface area contributed by atoms with Crippen LogP contribution in [0.2, 0.25) is 10.0 Å². The Kier molecular flexibility index (Phi) is 4.81. The Labute approximate surface area is 134 Å². The maximum Gasteiger partial charge on any atom is 0.0851 e. The van der Waals surface area contributed by atoms with E-state index in [1.165, 1.54) is 5.56 Å². The first-order chi connectivity index (χ1) is 10.2. The highest BCUT2D eigenvalue weighted by Crippen LogP contribution is 2.32. The molecule has 0 aromatic heterocycles. The van der Waals surface area contributed by atoms with Crippen molar-refractivity contribution in [1.82, 2.24) is 0 Å². The molecule has 0 bridgehead atoms. The molecule has 2 unspecified atom stereocenters. The van der Waals surface area contributed by atoms with Crippen LogP contribution in [0.25, 0.3) is 0 Å². The van der Waals surface area contributed by atoms with Crippen molar-refractivity contribution in [3.05, 3.63) is 69.7 Å². The van der Waals surface area contributed by atoms with Gasteiger partial charge in [0.1, 0.15) is 0 Å². The Morgan fingerprint density at radius 2 is 1.71 bits per heavy atom. The lowest BCUT2D eigenvalue weighted by atomic mass is 10.1. The minimum atomic E-state index is 0.0718. The summed E-state index contributed by atoms with van der Waals surface area (Å²) in [5.74, 6) is 0. The van der Waals surface area contributed by atoms with E-state index in [2.05, 4.69) is 12.1 Å². The number of halogens is 2. The Balaban J connectivity index is 1.58. The summed E-state index contributed by atoms with van der Waals surface area (Å²) in [4.78, 5) is 0. The van der Waals surface area contributed by atoms with Crippen molar-refractivity contribution < 1.29 is 9.47 Å². The van der Waals surface area contributed by atoms with Gasteiger partial charge in [-0.2, -0.15) is 0 Å². The van der Waals surface area contributed by atoms with Crippen LogP contribution in [0.1, 0.15) is 23.7 Å². The maximum absolute atomic E-state index is 6.14. The van der Waals surface area contributed by atoms with Crippen molar-refractivity contribution in [1.29, 1.82) is 0 Å². The Hall–Kier alpha value is -1.06. The van der Waals surface area contributed by atoms with Gasteiger partial charge in [-0.25, -0.2) is 0 Å². The predicted molar refractivity (Wildman–Crippen MR) is 84.8 cm³/mol. The van der Waals surface area contributed by atoms with E-state index in [0.717, 1.165) is 12.0 Å². The molecule has 1 heterocycles. The number of hydrogen-bond donors (Lipinski definition) is 0. The van der Waals surface area contributed by atoms with Gasteiger partial charge in [0.05, 0.1) is 25.4 Å². The van der Waals surface area contributed by atoms with Crippen molar-refractivity contribution in [2.75, 3.05) is 6.61 Å². The van der Waals surface area contributed by atoms with Crippen LogP contribution in [-0.2, 0) is 16.1 Å². The molecule has 2 nitrogen and oxygen atoms in total. The van der Waals surface area contributed by atoms with E-state index in [1.807, 2.05) is 36.4 Å². The quantitative estimate of drug-likeness (QED) is 0.785. The van der Waals surface area contributed by atoms with E-state index >= 15 is 0 Å². The van der Waals surface area contributed by atoms with Crippen molar-refractivity contribution in [3.63, 3.8) is 0 Å². The third kappa shape index (κ3) is 3.58. The van der Waals surface area contributed by atoms with Crippen LogP contribution < -0.4 is 0 Å². The van der Waals surface area contributed by atoms with Gasteiger partial charge in [-0.3, -0.25) is 0 Å². The zero-order valence-electron chi connectivity index (χ0n) is 11.5. The molecule has 21 heavy (non-hydrogen) atoms. The molecule has 0 radical (unpaired) electrons. The average Bonchev–Trinajstić information content (AvgIpc) is 2.97. The molecule has 2 atom stereocenters. The summed E-state index contributed by atoms with van der Waals surface area (Å²) in [6, 6.07) is 15.7. The second kappa shape index (κ2) is 6.80. The number of benzene rings is 2. The summed E-state index contributed by atoms with van der Waals surface area (Å²) in [6.07, 6.45) is 1.03. The zero-order valence-corrected chi connectivity index (χ0v) is 13.0. The molecule has 0 amide bonds. The minimum absolute atomic E-state index is 0.0718. The largest absolute Gasteiger partial charge is 0.371 e. The Morgan fingerprint density at radius 1 is 1.00 bits per heavy atom. The lowest BCUT2D eigenvalue weighted by molar-refractivity contribution is 0.0276. The first-order valence-electron chi connectivity index (χ1n) is 6.95. The normalized spacial score (nSPS) is 21.6. The van der Waals surface area contributed by atoms with Crippen LogP contribution in [0.3, 0.4) is 0 Å². The van der Waals surface area contributed by atoms with Crippen LogP contribution in [0.5, 0.6) is 0 Å². The second-order valence-corrected chi connectivity index (χ2v) is 5.92. The molecule has 0 spiro atoms. The van der Waals surface area contributed by atoms with Crippen LogP contribution in [0.4, 0.5) is 0 Å². The molecule has 1 saturated heterocycles. The van der Waals surface area contributed by atoms with Crippen molar-refractivity contribution in [2.45, 2.75) is 25.2 Å². The molecular formula is C17H16Cl2O2. The van der Waals surface area contributed by atoms with Gasteiger partial charge in [0.15, 0.2) is 0 Å². The van der Waals surface area contributed by atoms with Gasteiger partial charge in [-0.05, 0) is 17.7 Å². The fraction of sp³-hybridized carbons (Fsp3) is 0.294. The smallest absolute Gasteiger partial charge is 0.0851 e. The number of hydrogen-bond acceptors (Lipinski definition) is 2. The summed E-state index contributed by atoms with van der Waals surface area (Å²) in [5, 5.41) is 1.28. The average molecular weight is 323 g/mol. The molecule has 1 aliphatic rings. The first-order valence-corrected chi connectivity index (χ1v) is 7.70. The van der Waals surface area contributed by atoms with Gasteiger partial charge in [-0.1, -0.05) is 59.6 Å². The minimum Gasteiger partial charge on any atom is -0.371 e. The van der Waals surface area contributed by atoms with E-state index in [1.54, 1.807) is 0 Å². The molecule has 2 aromatic rings. The third-order valence-electron chi connectivity index (χ3n) is 3.66. The molecule has 0 saturated carbocycles. The fourth-order valence-electron chi connectivity index (χ4n) is 2.49. The standard InChI is InChI=1S/C17H16Cl2O2/c18-15-7-4-8-16(19)14(15)11-20-13-9-17(21-10-13)12-5-2-1-3-6-12/h1-8,13,17H,9-11H2. The number of ether oxygens (including phenoxy) is 2. The molecule has 1 fully saturated rings. The summed E-state index contributed by atoms with van der Waals surface area (Å²) >= 11 is 12.3. The topological polar surface area (TPSA) is 18.5 Å². The van der Waals surface area contributed by atoms with Gasteiger partial charge in [0.2, 0.25) is 0 Å². The fourth-order valence-corrected chi connectivity index (χ4v) is 2.99. The monoisotopic (exact) mass is 322 g/mol. The van der Waals surface area contributed by atoms with E-state index in [-0.39, 0.29) is 12.2 Å². The zero-order chi connectivity index (χ0) is 14.7. The second-order valence-electron chi connectivity index (χ2n) is 5.10. The van der Waals surface area contributed by atoms with Crippen LogP contribution >= 0.6 is 23.2 Å². The Bertz CT molecular complexity index is 581. The summed E-state index contributed by atoms with van der Waals surface area (Å²) in [7, 11) is 0. The highest BCUT2D eigenvalue weighted by atomic mass is 35.5. The lowest BCUT2D eigenvalue weighted by Gasteiger charge is -2.12. The van der Waals surface area contributed by atoms with Gasteiger partial charge in [0.25, 0.3) is 0 Å². The SMILES string of the molecule is Clc1cccc(Cl)c1COC1COC(c2ccccc2)C1. The summed E-state index contributed by atoms with van der Waals surface area (Å²) in [5.41, 5.74) is 2.03. The molecule has 110 valence electrons. The summed E-state index contributed by atoms with van der Waals surface area (Å²) < 4.78 is 11.7. The van der Waals surface area contributed by atoms with Crippen molar-refractivity contribution in [3.8, 4) is 0 Å². The van der Waals surface area contributed by atoms with Gasteiger partial charge < -0.3 is 9.47 Å². The molecule has 3 rings (SSSR count). The Morgan fingerprint density at radius 3 is 2.43 bits per heavy atom. The van der Waals surface area contributed by atoms with Gasteiger partial charge in [-0.15, -0.1) is 0 Å². The molecule has 1 aliphatic heterocycles. The van der Waals surface area contributed by atoms with E-state index < -0.39 is 0 Å². The molecule has 0 aliphatic carbocycles. The van der Waals surface area contributed by atoms with Gasteiger partial charge >= 0.3 is 0 Å². The highest BCUT2D eigenvalue weighted by molar-refractivity contribution is 6.35. The molecule has 0 N–H and O–H groups in total. The third-order valence-corrected chi connectivity index (χ3v) is 4.36. The lowest BCUT2D eigenvalue weighted by Crippen LogP contribution is -2.12. The molecular weight excluding hydrogens is 307 g/mol. The van der Waals surface area contributed by atoms with E-state index in [0.29, 0.717) is 23.3 Å². The van der Waals surface area contributed by atoms with Crippen LogP contribution in [0.15, 0.2) is 48.5 Å². The highest BCUT2D eigenvalue weighted by Gasteiger charge is 2.27. The van der Waals surface area contributed by atoms with Crippen LogP contribution in [-0.4, -0.2) is 12.7 Å². The van der Waals surface area contributed by atoms with Gasteiger partial charge in [0, 0.05) is 22.0 Å². The van der Waals surface area contributed by atoms with E-state index in [9.17, 15) is 0 Å². The maximum atomic E-state index is 6.14. The van der Waals surface area contributed by atoms with Crippen LogP contribution in [0, 0.1) is 0 Å². The summed E-state index contributed by atoms with van der Waals surface area (Å²) in [6.45, 7) is 1.01. The molecule has 4 heteroatoms. The van der Waals surface area contributed by atoms with Crippen molar-refractivity contribution in [2.24, 2.45) is 0 Å².